The van der Waals surface area contributed by atoms with Crippen LogP contribution in [0.4, 0.5) is 0 Å². The minimum absolute atomic E-state index is 0.208. The molecule has 1 aliphatic heterocycles. The molecule has 0 radical (unpaired) electrons. The zero-order valence-electron chi connectivity index (χ0n) is 4.76. The molecule has 1 aliphatic rings. The van der Waals surface area contributed by atoms with E-state index < -0.39 is 7.92 Å². The largest absolute Gasteiger partial charge is 0.290 e. The van der Waals surface area contributed by atoms with Crippen LogP contribution in [0.1, 0.15) is 6.42 Å². The first-order chi connectivity index (χ1) is 4.25. The molecule has 50 valence electrons. The van der Waals surface area contributed by atoms with Crippen LogP contribution in [0.2, 0.25) is 0 Å². The molecule has 0 aromatic rings. The first-order valence-electron chi connectivity index (χ1n) is 2.64. The van der Waals surface area contributed by atoms with Crippen LogP contribution in [0.25, 0.3) is 0 Å². The van der Waals surface area contributed by atoms with E-state index >= 15 is 0 Å². The lowest BCUT2D eigenvalue weighted by Crippen LogP contribution is -2.01. The summed E-state index contributed by atoms with van der Waals surface area (Å²) in [6.45, 7) is 0. The summed E-state index contributed by atoms with van der Waals surface area (Å²) in [6.07, 6.45) is 1.15. The summed E-state index contributed by atoms with van der Waals surface area (Å²) in [5.74, 6) is -0.221. The van der Waals surface area contributed by atoms with Gasteiger partial charge in [0.25, 0.3) is 0 Å². The monoisotopic (exact) mass is 164 g/mol. The van der Waals surface area contributed by atoms with Gasteiger partial charge in [0.1, 0.15) is 0 Å². The van der Waals surface area contributed by atoms with Crippen molar-refractivity contribution in [3.63, 3.8) is 0 Å². The van der Waals surface area contributed by atoms with E-state index in [2.05, 4.69) is 0 Å². The number of ketones is 1. The third-order valence-corrected chi connectivity index (χ3v) is 4.02. The summed E-state index contributed by atoms with van der Waals surface area (Å²) >= 11 is 5.42. The quantitative estimate of drug-likeness (QED) is 0.331. The fourth-order valence-corrected chi connectivity index (χ4v) is 2.79. The summed E-state index contributed by atoms with van der Waals surface area (Å²) in [5, 5.41) is 0. The standard InChI is InChI=1S/C5H6ClO2P/c6-3-9-2-1-4(7)5(9)8/h1-3H2. The van der Waals surface area contributed by atoms with Crippen LogP contribution >= 0.6 is 19.5 Å². The first-order valence-corrected chi connectivity index (χ1v) is 4.88. The molecule has 0 aromatic heterocycles. The predicted molar refractivity (Wildman–Crippen MR) is 37.1 cm³/mol. The Bertz CT molecular complexity index is 157. The number of alkyl halides is 1. The summed E-state index contributed by atoms with van der Waals surface area (Å²) in [7, 11) is -0.766. The molecule has 0 N–H and O–H groups in total. The molecule has 9 heavy (non-hydrogen) atoms. The van der Waals surface area contributed by atoms with E-state index in [-0.39, 0.29) is 11.3 Å². The normalized spacial score (nSPS) is 27.4. The average molecular weight is 165 g/mol. The van der Waals surface area contributed by atoms with Crippen LogP contribution in [-0.4, -0.2) is 23.1 Å². The van der Waals surface area contributed by atoms with Gasteiger partial charge in [-0.05, 0) is 14.1 Å². The second kappa shape index (κ2) is 2.76. The molecule has 0 bridgehead atoms. The number of carbonyl (C=O) groups is 2. The maximum Gasteiger partial charge on any atom is 0.220 e. The first kappa shape index (κ1) is 7.17. The highest BCUT2D eigenvalue weighted by Gasteiger charge is 2.30. The Hall–Kier alpha value is 0.0600. The van der Waals surface area contributed by atoms with Crippen molar-refractivity contribution in [2.24, 2.45) is 0 Å². The molecule has 0 amide bonds. The molecule has 1 rings (SSSR count). The molecule has 1 heterocycles. The molecule has 1 saturated heterocycles. The zero-order chi connectivity index (χ0) is 6.85. The van der Waals surface area contributed by atoms with Gasteiger partial charge in [0.05, 0.1) is 0 Å². The lowest BCUT2D eigenvalue weighted by molar-refractivity contribution is -0.130. The van der Waals surface area contributed by atoms with Crippen molar-refractivity contribution >= 4 is 30.8 Å². The van der Waals surface area contributed by atoms with Gasteiger partial charge in [-0.2, -0.15) is 0 Å². The van der Waals surface area contributed by atoms with Crippen LogP contribution in [-0.2, 0) is 9.59 Å². The Kier molecular flexibility index (Phi) is 2.20. The van der Waals surface area contributed by atoms with Gasteiger partial charge in [-0.25, -0.2) is 0 Å². The molecule has 1 fully saturated rings. The van der Waals surface area contributed by atoms with Gasteiger partial charge >= 0.3 is 0 Å². The molecule has 1 atom stereocenters. The topological polar surface area (TPSA) is 34.1 Å². The van der Waals surface area contributed by atoms with Gasteiger partial charge in [0, 0.05) is 12.0 Å². The Morgan fingerprint density at radius 3 is 2.44 bits per heavy atom. The van der Waals surface area contributed by atoms with Gasteiger partial charge < -0.3 is 0 Å². The van der Waals surface area contributed by atoms with E-state index in [9.17, 15) is 9.59 Å². The highest BCUT2D eigenvalue weighted by Crippen LogP contribution is 2.43. The van der Waals surface area contributed by atoms with E-state index in [0.29, 0.717) is 12.0 Å². The molecule has 0 spiro atoms. The van der Waals surface area contributed by atoms with Crippen molar-refractivity contribution < 1.29 is 9.59 Å². The number of halogens is 1. The summed E-state index contributed by atoms with van der Waals surface area (Å²) in [6, 6.07) is 0. The molecule has 4 heteroatoms. The van der Waals surface area contributed by atoms with Crippen molar-refractivity contribution in [3.05, 3.63) is 0 Å². The number of rotatable bonds is 1. The van der Waals surface area contributed by atoms with Crippen molar-refractivity contribution in [3.8, 4) is 0 Å². The third-order valence-electron chi connectivity index (χ3n) is 1.28. The zero-order valence-corrected chi connectivity index (χ0v) is 6.41. The second-order valence-corrected chi connectivity index (χ2v) is 4.75. The van der Waals surface area contributed by atoms with Gasteiger partial charge in [-0.15, -0.1) is 11.6 Å². The van der Waals surface area contributed by atoms with Crippen molar-refractivity contribution in [2.75, 3.05) is 11.8 Å². The smallest absolute Gasteiger partial charge is 0.220 e. The van der Waals surface area contributed by atoms with Crippen LogP contribution in [0, 0.1) is 0 Å². The van der Waals surface area contributed by atoms with Gasteiger partial charge in [-0.1, -0.05) is 0 Å². The molecule has 1 unspecified atom stereocenters. The second-order valence-electron chi connectivity index (χ2n) is 1.86. The van der Waals surface area contributed by atoms with Gasteiger partial charge in [0.15, 0.2) is 0 Å². The van der Waals surface area contributed by atoms with Crippen LogP contribution < -0.4 is 0 Å². The molecular weight excluding hydrogens is 158 g/mol. The highest BCUT2D eigenvalue weighted by molar-refractivity contribution is 7.79. The molecule has 0 saturated carbocycles. The lowest BCUT2D eigenvalue weighted by Gasteiger charge is -1.96. The van der Waals surface area contributed by atoms with Crippen molar-refractivity contribution in [2.45, 2.75) is 6.42 Å². The van der Waals surface area contributed by atoms with Crippen molar-refractivity contribution in [1.82, 2.24) is 0 Å². The SMILES string of the molecule is O=C1CCP(CCl)C1=O. The van der Waals surface area contributed by atoms with E-state index in [4.69, 9.17) is 11.6 Å². The van der Waals surface area contributed by atoms with E-state index in [1.54, 1.807) is 0 Å². The van der Waals surface area contributed by atoms with E-state index in [1.165, 1.54) is 0 Å². The maximum absolute atomic E-state index is 10.7. The van der Waals surface area contributed by atoms with Gasteiger partial charge in [-0.3, -0.25) is 9.59 Å². The highest BCUT2D eigenvalue weighted by atomic mass is 35.5. The minimum Gasteiger partial charge on any atom is -0.290 e. The van der Waals surface area contributed by atoms with E-state index in [1.807, 2.05) is 0 Å². The fraction of sp³-hybridized carbons (Fsp3) is 0.600. The molecular formula is C5H6ClO2P. The molecule has 0 aliphatic carbocycles. The Balaban J connectivity index is 2.62. The summed E-state index contributed by atoms with van der Waals surface area (Å²) < 4.78 is 0. The maximum atomic E-state index is 10.7. The number of carbonyl (C=O) groups excluding carboxylic acids is 2. The number of hydrogen-bond donors (Lipinski definition) is 0. The van der Waals surface area contributed by atoms with Crippen LogP contribution in [0.3, 0.4) is 0 Å². The van der Waals surface area contributed by atoms with Crippen molar-refractivity contribution in [1.29, 1.82) is 0 Å². The summed E-state index contributed by atoms with van der Waals surface area (Å²) in [4.78, 5) is 21.3. The van der Waals surface area contributed by atoms with Crippen LogP contribution in [0.15, 0.2) is 0 Å². The summed E-state index contributed by atoms with van der Waals surface area (Å²) in [5.41, 5.74) is 0.153. The van der Waals surface area contributed by atoms with Gasteiger partial charge in [0.2, 0.25) is 11.3 Å². The van der Waals surface area contributed by atoms with Crippen LogP contribution in [0.5, 0.6) is 0 Å². The molecule has 2 nitrogen and oxygen atoms in total. The molecule has 0 aromatic carbocycles. The van der Waals surface area contributed by atoms with E-state index in [0.717, 1.165) is 6.16 Å². The Labute approximate surface area is 59.3 Å². The lowest BCUT2D eigenvalue weighted by atomic mass is 10.3. The predicted octanol–water partition coefficient (Wildman–Crippen LogP) is 1.16. The Morgan fingerprint density at radius 1 is 1.56 bits per heavy atom. The number of hydrogen-bond acceptors (Lipinski definition) is 2. The fourth-order valence-electron chi connectivity index (χ4n) is 0.735. The Morgan fingerprint density at radius 2 is 2.22 bits per heavy atom. The minimum atomic E-state index is -0.766. The average Bonchev–Trinajstić information content (AvgIpc) is 2.15. The number of Topliss-reactive ketones (excluding diaryl/α,β-unsaturated/α-hetero) is 1. The third kappa shape index (κ3) is 1.31.